The largest absolute Gasteiger partial charge is 0.481 e. The second kappa shape index (κ2) is 4.44. The Hall–Kier alpha value is -1.27. The molecule has 2 atom stereocenters. The minimum Gasteiger partial charge on any atom is -0.481 e. The summed E-state index contributed by atoms with van der Waals surface area (Å²) in [6, 6.07) is 0. The average molecular weight is 265 g/mol. The van der Waals surface area contributed by atoms with Gasteiger partial charge in [-0.25, -0.2) is 0 Å². The lowest BCUT2D eigenvalue weighted by Crippen LogP contribution is -2.45. The Balaban J connectivity index is 1.82. The number of hydrogen-bond acceptors (Lipinski definition) is 2. The maximum atomic E-state index is 12.2. The number of carboxylic acids is 1. The molecule has 1 saturated carbocycles. The molecule has 2 aliphatic rings. The Morgan fingerprint density at radius 3 is 2.11 bits per heavy atom. The summed E-state index contributed by atoms with van der Waals surface area (Å²) in [5.41, 5.74) is 0. The Morgan fingerprint density at radius 1 is 1.17 bits per heavy atom. The molecule has 0 spiro atoms. The van der Waals surface area contributed by atoms with Crippen molar-refractivity contribution in [1.29, 1.82) is 0 Å². The number of piperidine rings is 1. The number of carbonyl (C=O) groups is 2. The van der Waals surface area contributed by atoms with E-state index in [4.69, 9.17) is 5.11 Å². The summed E-state index contributed by atoms with van der Waals surface area (Å²) in [6.45, 7) is 0.150. The van der Waals surface area contributed by atoms with E-state index in [1.807, 2.05) is 0 Å². The second-order valence-electron chi connectivity index (χ2n) is 4.97. The van der Waals surface area contributed by atoms with Crippen molar-refractivity contribution < 1.29 is 27.9 Å². The number of nitrogens with zero attached hydrogens (tertiary/aromatic N) is 1. The van der Waals surface area contributed by atoms with Crippen LogP contribution in [0.2, 0.25) is 0 Å². The van der Waals surface area contributed by atoms with Gasteiger partial charge in [-0.2, -0.15) is 13.2 Å². The zero-order valence-corrected chi connectivity index (χ0v) is 9.61. The number of carboxylic acid groups (broad SMARTS) is 1. The zero-order chi connectivity index (χ0) is 13.5. The Labute approximate surface area is 102 Å². The van der Waals surface area contributed by atoms with Gasteiger partial charge in [0, 0.05) is 13.1 Å². The molecule has 1 amide bonds. The van der Waals surface area contributed by atoms with Gasteiger partial charge in [-0.3, -0.25) is 9.59 Å². The first-order valence-electron chi connectivity index (χ1n) is 5.89. The third kappa shape index (κ3) is 2.59. The van der Waals surface area contributed by atoms with Crippen LogP contribution in [-0.2, 0) is 9.59 Å². The predicted molar refractivity (Wildman–Crippen MR) is 54.6 cm³/mol. The molecule has 0 aromatic heterocycles. The fraction of sp³-hybridized carbons (Fsp3) is 0.818. The second-order valence-corrected chi connectivity index (χ2v) is 4.97. The normalized spacial score (nSPS) is 29.2. The van der Waals surface area contributed by atoms with Crippen LogP contribution >= 0.6 is 0 Å². The predicted octanol–water partition coefficient (Wildman–Crippen LogP) is 1.51. The third-order valence-corrected chi connectivity index (χ3v) is 3.83. The standard InChI is InChI=1S/C11H14F3NO3/c12-11(13,14)10(18)15-3-1-6(2-4-15)7-5-8(7)9(16)17/h6-8H,1-5H2,(H,16,17)/t7-,8+/m0/s1. The number of amides is 1. The van der Waals surface area contributed by atoms with Gasteiger partial charge >= 0.3 is 18.1 Å². The SMILES string of the molecule is O=C(O)[C@@H]1C[C@H]1C1CCN(C(=O)C(F)(F)F)CC1. The number of alkyl halides is 3. The van der Waals surface area contributed by atoms with E-state index in [-0.39, 0.29) is 30.8 Å². The van der Waals surface area contributed by atoms with E-state index in [1.54, 1.807) is 0 Å². The van der Waals surface area contributed by atoms with Crippen LogP contribution in [0.5, 0.6) is 0 Å². The highest BCUT2D eigenvalue weighted by atomic mass is 19.4. The van der Waals surface area contributed by atoms with E-state index in [2.05, 4.69) is 0 Å². The van der Waals surface area contributed by atoms with Crippen LogP contribution in [0.25, 0.3) is 0 Å². The first-order chi connectivity index (χ1) is 8.30. The Morgan fingerprint density at radius 2 is 1.72 bits per heavy atom. The van der Waals surface area contributed by atoms with E-state index in [9.17, 15) is 22.8 Å². The summed E-state index contributed by atoms with van der Waals surface area (Å²) in [6.07, 6.45) is -3.25. The van der Waals surface area contributed by atoms with Gasteiger partial charge in [0.05, 0.1) is 5.92 Å². The number of hydrogen-bond donors (Lipinski definition) is 1. The van der Waals surface area contributed by atoms with Crippen LogP contribution in [0.3, 0.4) is 0 Å². The number of aliphatic carboxylic acids is 1. The summed E-state index contributed by atoms with van der Waals surface area (Å²) in [5.74, 6) is -2.71. The summed E-state index contributed by atoms with van der Waals surface area (Å²) in [7, 11) is 0. The first-order valence-corrected chi connectivity index (χ1v) is 5.89. The highest BCUT2D eigenvalue weighted by molar-refractivity contribution is 5.81. The van der Waals surface area contributed by atoms with Crippen molar-refractivity contribution in [3.8, 4) is 0 Å². The van der Waals surface area contributed by atoms with Crippen molar-refractivity contribution in [3.05, 3.63) is 0 Å². The molecule has 102 valence electrons. The molecule has 0 bridgehead atoms. The zero-order valence-electron chi connectivity index (χ0n) is 9.61. The van der Waals surface area contributed by atoms with Crippen LogP contribution < -0.4 is 0 Å². The molecule has 0 radical (unpaired) electrons. The summed E-state index contributed by atoms with van der Waals surface area (Å²) in [5, 5.41) is 8.79. The van der Waals surface area contributed by atoms with Gasteiger partial charge in [0.15, 0.2) is 0 Å². The van der Waals surface area contributed by atoms with Gasteiger partial charge in [-0.15, -0.1) is 0 Å². The quantitative estimate of drug-likeness (QED) is 0.823. The van der Waals surface area contributed by atoms with Gasteiger partial charge < -0.3 is 10.0 Å². The minimum absolute atomic E-state index is 0.0752. The number of rotatable bonds is 2. The van der Waals surface area contributed by atoms with Gasteiger partial charge in [-0.05, 0) is 31.1 Å². The molecule has 1 saturated heterocycles. The highest BCUT2D eigenvalue weighted by Gasteiger charge is 2.49. The van der Waals surface area contributed by atoms with E-state index < -0.39 is 18.1 Å². The van der Waals surface area contributed by atoms with Gasteiger partial charge in [0.25, 0.3) is 0 Å². The fourth-order valence-electron chi connectivity index (χ4n) is 2.73. The lowest BCUT2D eigenvalue weighted by atomic mass is 9.91. The molecule has 18 heavy (non-hydrogen) atoms. The Kier molecular flexibility index (Phi) is 3.25. The summed E-state index contributed by atoms with van der Waals surface area (Å²) >= 11 is 0. The molecule has 1 aliphatic carbocycles. The van der Waals surface area contributed by atoms with Crippen LogP contribution in [0.1, 0.15) is 19.3 Å². The molecule has 2 fully saturated rings. The van der Waals surface area contributed by atoms with Crippen molar-refractivity contribution in [2.75, 3.05) is 13.1 Å². The number of carbonyl (C=O) groups excluding carboxylic acids is 1. The molecule has 1 aliphatic heterocycles. The van der Waals surface area contributed by atoms with Crippen LogP contribution in [-0.4, -0.2) is 41.1 Å². The fourth-order valence-corrected chi connectivity index (χ4v) is 2.73. The molecule has 1 N–H and O–H groups in total. The maximum absolute atomic E-state index is 12.2. The Bertz CT molecular complexity index is 361. The van der Waals surface area contributed by atoms with Crippen molar-refractivity contribution >= 4 is 11.9 Å². The van der Waals surface area contributed by atoms with E-state index in [1.165, 1.54) is 0 Å². The lowest BCUT2D eigenvalue weighted by Gasteiger charge is -2.32. The molecule has 7 heteroatoms. The van der Waals surface area contributed by atoms with Crippen molar-refractivity contribution in [2.45, 2.75) is 25.4 Å². The topological polar surface area (TPSA) is 57.6 Å². The van der Waals surface area contributed by atoms with Crippen LogP contribution in [0.4, 0.5) is 13.2 Å². The molecule has 0 aromatic carbocycles. The van der Waals surface area contributed by atoms with Crippen LogP contribution in [0.15, 0.2) is 0 Å². The van der Waals surface area contributed by atoms with Gasteiger partial charge in [0.1, 0.15) is 0 Å². The van der Waals surface area contributed by atoms with E-state index in [0.717, 1.165) is 4.90 Å². The average Bonchev–Trinajstić information content (AvgIpc) is 3.07. The lowest BCUT2D eigenvalue weighted by molar-refractivity contribution is -0.186. The van der Waals surface area contributed by atoms with Gasteiger partial charge in [-0.1, -0.05) is 0 Å². The molecule has 0 aromatic rings. The molecule has 2 rings (SSSR count). The maximum Gasteiger partial charge on any atom is 0.471 e. The molecular weight excluding hydrogens is 251 g/mol. The van der Waals surface area contributed by atoms with Crippen molar-refractivity contribution in [1.82, 2.24) is 4.90 Å². The van der Waals surface area contributed by atoms with Gasteiger partial charge in [0.2, 0.25) is 0 Å². The monoisotopic (exact) mass is 265 g/mol. The summed E-state index contributed by atoms with van der Waals surface area (Å²) < 4.78 is 36.6. The first kappa shape index (κ1) is 13.2. The minimum atomic E-state index is -4.81. The summed E-state index contributed by atoms with van der Waals surface area (Å²) in [4.78, 5) is 22.5. The molecular formula is C11H14F3NO3. The third-order valence-electron chi connectivity index (χ3n) is 3.83. The van der Waals surface area contributed by atoms with Crippen molar-refractivity contribution in [3.63, 3.8) is 0 Å². The number of halogens is 3. The van der Waals surface area contributed by atoms with Crippen molar-refractivity contribution in [2.24, 2.45) is 17.8 Å². The van der Waals surface area contributed by atoms with E-state index in [0.29, 0.717) is 19.3 Å². The van der Waals surface area contributed by atoms with E-state index >= 15 is 0 Å². The highest BCUT2D eigenvalue weighted by Crippen LogP contribution is 2.48. The molecule has 0 unspecified atom stereocenters. The van der Waals surface area contributed by atoms with Crippen LogP contribution in [0, 0.1) is 17.8 Å². The molecule has 4 nitrogen and oxygen atoms in total. The molecule has 1 heterocycles. The smallest absolute Gasteiger partial charge is 0.471 e. The number of likely N-dealkylation sites (tertiary alicyclic amines) is 1.